The molecule has 12 heteroatoms. The third-order valence-corrected chi connectivity index (χ3v) is 3.59. The summed E-state index contributed by atoms with van der Waals surface area (Å²) in [4.78, 5) is 11.3. The van der Waals surface area contributed by atoms with E-state index < -0.39 is 27.6 Å². The number of halogens is 7. The SMILES string of the molecule is O=C(CCl)NC(NC(=S)Nc1cccc(C(F)(F)F)c1)C(Cl)(Cl)Cl. The Morgan fingerprint density at radius 2 is 1.83 bits per heavy atom. The summed E-state index contributed by atoms with van der Waals surface area (Å²) in [7, 11) is 0. The predicted octanol–water partition coefficient (Wildman–Crippen LogP) is 4.04. The molecule has 0 heterocycles. The quantitative estimate of drug-likeness (QED) is 0.374. The van der Waals surface area contributed by atoms with Gasteiger partial charge in [0.1, 0.15) is 12.0 Å². The predicted molar refractivity (Wildman–Crippen MR) is 93.7 cm³/mol. The van der Waals surface area contributed by atoms with E-state index in [9.17, 15) is 18.0 Å². The molecule has 0 aliphatic heterocycles. The molecule has 0 aliphatic rings. The van der Waals surface area contributed by atoms with Crippen molar-refractivity contribution >= 4 is 75.3 Å². The summed E-state index contributed by atoms with van der Waals surface area (Å²) >= 11 is 27.4. The third-order valence-electron chi connectivity index (χ3n) is 2.48. The maximum absolute atomic E-state index is 12.7. The van der Waals surface area contributed by atoms with Crippen molar-refractivity contribution in [1.82, 2.24) is 10.6 Å². The minimum Gasteiger partial charge on any atom is -0.339 e. The van der Waals surface area contributed by atoms with E-state index in [2.05, 4.69) is 16.0 Å². The highest BCUT2D eigenvalue weighted by atomic mass is 35.6. The molecule has 0 spiro atoms. The highest BCUT2D eigenvalue weighted by Crippen LogP contribution is 2.31. The van der Waals surface area contributed by atoms with E-state index in [1.165, 1.54) is 12.1 Å². The van der Waals surface area contributed by atoms with Crippen molar-refractivity contribution in [3.63, 3.8) is 0 Å². The van der Waals surface area contributed by atoms with Gasteiger partial charge in [0.25, 0.3) is 0 Å². The molecule has 134 valence electrons. The van der Waals surface area contributed by atoms with Crippen LogP contribution in [0.5, 0.6) is 0 Å². The van der Waals surface area contributed by atoms with E-state index in [1.807, 2.05) is 0 Å². The maximum atomic E-state index is 12.7. The number of alkyl halides is 7. The Morgan fingerprint density at radius 1 is 1.21 bits per heavy atom. The number of hydrogen-bond donors (Lipinski definition) is 3. The van der Waals surface area contributed by atoms with E-state index in [-0.39, 0.29) is 16.7 Å². The molecular weight excluding hydrogens is 433 g/mol. The van der Waals surface area contributed by atoms with Gasteiger partial charge < -0.3 is 16.0 Å². The van der Waals surface area contributed by atoms with Crippen molar-refractivity contribution in [3.05, 3.63) is 29.8 Å². The standard InChI is InChI=1S/C12H10Cl4F3N3OS/c13-5-8(23)21-9(11(14,15)16)22-10(24)20-7-3-1-2-6(4-7)12(17,18)19/h1-4,9H,5H2,(H,21,23)(H2,20,22,24). The van der Waals surface area contributed by atoms with Gasteiger partial charge in [-0.05, 0) is 30.4 Å². The lowest BCUT2D eigenvalue weighted by molar-refractivity contribution is -0.137. The van der Waals surface area contributed by atoms with E-state index >= 15 is 0 Å². The van der Waals surface area contributed by atoms with Crippen molar-refractivity contribution in [3.8, 4) is 0 Å². The summed E-state index contributed by atoms with van der Waals surface area (Å²) in [5.74, 6) is -1.02. The smallest absolute Gasteiger partial charge is 0.339 e. The lowest BCUT2D eigenvalue weighted by Gasteiger charge is -2.27. The Labute approximate surface area is 161 Å². The van der Waals surface area contributed by atoms with Gasteiger partial charge >= 0.3 is 6.18 Å². The number of thiocarbonyl (C=S) groups is 1. The second kappa shape index (κ2) is 8.62. The van der Waals surface area contributed by atoms with Gasteiger partial charge in [-0.1, -0.05) is 40.9 Å². The normalized spacial score (nSPS) is 13.1. The van der Waals surface area contributed by atoms with Crippen LogP contribution in [0.4, 0.5) is 18.9 Å². The van der Waals surface area contributed by atoms with Gasteiger partial charge in [0.2, 0.25) is 9.70 Å². The zero-order valence-electron chi connectivity index (χ0n) is 11.6. The molecule has 1 aromatic rings. The third kappa shape index (κ3) is 7.06. The molecule has 0 saturated heterocycles. The molecule has 1 aromatic carbocycles. The summed E-state index contributed by atoms with van der Waals surface area (Å²) in [6.45, 7) is 0. The second-order valence-corrected chi connectivity index (χ2v) is 7.40. The van der Waals surface area contributed by atoms with Crippen molar-refractivity contribution in [2.24, 2.45) is 0 Å². The average molecular weight is 443 g/mol. The highest BCUT2D eigenvalue weighted by Gasteiger charge is 2.34. The summed E-state index contributed by atoms with van der Waals surface area (Å²) in [6.07, 6.45) is -5.75. The Kier molecular flexibility index (Phi) is 7.68. The lowest BCUT2D eigenvalue weighted by Crippen LogP contribution is -2.56. The number of anilines is 1. The van der Waals surface area contributed by atoms with Crippen LogP contribution in [0.15, 0.2) is 24.3 Å². The van der Waals surface area contributed by atoms with Crippen LogP contribution in [0.2, 0.25) is 0 Å². The van der Waals surface area contributed by atoms with Gasteiger partial charge in [-0.25, -0.2) is 0 Å². The molecule has 0 saturated carbocycles. The van der Waals surface area contributed by atoms with Crippen LogP contribution in [-0.4, -0.2) is 26.9 Å². The van der Waals surface area contributed by atoms with E-state index in [1.54, 1.807) is 0 Å². The minimum atomic E-state index is -4.50. The summed E-state index contributed by atoms with van der Waals surface area (Å²) < 4.78 is 36.0. The monoisotopic (exact) mass is 441 g/mol. The summed E-state index contributed by atoms with van der Waals surface area (Å²) in [5, 5.41) is 7.10. The van der Waals surface area contributed by atoms with Crippen molar-refractivity contribution in [2.45, 2.75) is 16.1 Å². The molecule has 4 nitrogen and oxygen atoms in total. The number of hydrogen-bond acceptors (Lipinski definition) is 2. The zero-order chi connectivity index (χ0) is 18.5. The Balaban J connectivity index is 2.81. The van der Waals surface area contributed by atoms with Crippen molar-refractivity contribution in [2.75, 3.05) is 11.2 Å². The highest BCUT2D eigenvalue weighted by molar-refractivity contribution is 7.80. The number of amides is 1. The molecule has 0 aromatic heterocycles. The van der Waals surface area contributed by atoms with Crippen LogP contribution in [-0.2, 0) is 11.0 Å². The molecule has 0 bridgehead atoms. The zero-order valence-corrected chi connectivity index (χ0v) is 15.4. The largest absolute Gasteiger partial charge is 0.416 e. The van der Waals surface area contributed by atoms with Gasteiger partial charge in [-0.15, -0.1) is 11.6 Å². The fraction of sp³-hybridized carbons (Fsp3) is 0.333. The maximum Gasteiger partial charge on any atom is 0.416 e. The fourth-order valence-electron chi connectivity index (χ4n) is 1.47. The van der Waals surface area contributed by atoms with Crippen molar-refractivity contribution in [1.29, 1.82) is 0 Å². The molecule has 24 heavy (non-hydrogen) atoms. The molecular formula is C12H10Cl4F3N3OS. The Hall–Kier alpha value is -0.670. The first-order valence-electron chi connectivity index (χ1n) is 6.10. The molecule has 1 amide bonds. The molecule has 1 rings (SSSR count). The molecule has 0 fully saturated rings. The van der Waals surface area contributed by atoms with Crippen LogP contribution >= 0.6 is 58.6 Å². The number of carbonyl (C=O) groups is 1. The van der Waals surface area contributed by atoms with Gasteiger partial charge in [-0.2, -0.15) is 13.2 Å². The Morgan fingerprint density at radius 3 is 2.33 bits per heavy atom. The molecule has 0 radical (unpaired) electrons. The summed E-state index contributed by atoms with van der Waals surface area (Å²) in [5.41, 5.74) is -0.794. The molecule has 1 atom stereocenters. The van der Waals surface area contributed by atoms with Crippen LogP contribution < -0.4 is 16.0 Å². The number of benzene rings is 1. The van der Waals surface area contributed by atoms with Gasteiger partial charge in [0, 0.05) is 5.69 Å². The van der Waals surface area contributed by atoms with Gasteiger partial charge in [0.05, 0.1) is 5.56 Å². The number of carbonyl (C=O) groups excluding carboxylic acids is 1. The van der Waals surface area contributed by atoms with Crippen LogP contribution in [0.1, 0.15) is 5.56 Å². The second-order valence-electron chi connectivity index (χ2n) is 4.35. The number of rotatable bonds is 4. The van der Waals surface area contributed by atoms with Crippen LogP contribution in [0, 0.1) is 0 Å². The van der Waals surface area contributed by atoms with Crippen molar-refractivity contribution < 1.29 is 18.0 Å². The topological polar surface area (TPSA) is 53.2 Å². The molecule has 1 unspecified atom stereocenters. The fourth-order valence-corrected chi connectivity index (χ4v) is 2.11. The first-order valence-corrected chi connectivity index (χ1v) is 8.18. The minimum absolute atomic E-state index is 0.0639. The van der Waals surface area contributed by atoms with Gasteiger partial charge in [0.15, 0.2) is 5.11 Å². The molecule has 3 N–H and O–H groups in total. The van der Waals surface area contributed by atoms with Crippen LogP contribution in [0.25, 0.3) is 0 Å². The molecule has 0 aliphatic carbocycles. The van der Waals surface area contributed by atoms with E-state index in [0.717, 1.165) is 12.1 Å². The Bertz CT molecular complexity index is 610. The average Bonchev–Trinajstić information content (AvgIpc) is 2.44. The first kappa shape index (κ1) is 21.4. The number of nitrogens with one attached hydrogen (secondary N) is 3. The van der Waals surface area contributed by atoms with Crippen LogP contribution in [0.3, 0.4) is 0 Å². The van der Waals surface area contributed by atoms with E-state index in [4.69, 9.17) is 58.6 Å². The first-order chi connectivity index (χ1) is 10.9. The summed E-state index contributed by atoms with van der Waals surface area (Å²) in [6, 6.07) is 4.34. The van der Waals surface area contributed by atoms with E-state index in [0.29, 0.717) is 0 Å². The van der Waals surface area contributed by atoms with Gasteiger partial charge in [-0.3, -0.25) is 4.79 Å². The lowest BCUT2D eigenvalue weighted by atomic mass is 10.2.